The normalized spacial score (nSPS) is 20.3. The molecule has 6 aromatic rings. The molecule has 0 radical (unpaired) electrons. The van der Waals surface area contributed by atoms with Gasteiger partial charge in [-0.3, -0.25) is 19.2 Å². The fourth-order valence-electron chi connectivity index (χ4n) is 11.1. The van der Waals surface area contributed by atoms with Crippen molar-refractivity contribution in [2.75, 3.05) is 50.0 Å². The average molecular weight is 1120 g/mol. The maximum atomic E-state index is 15.7. The molecule has 0 unspecified atom stereocenters. The molecule has 0 saturated carbocycles. The molecule has 2 aliphatic heterocycles. The molecular formula is C54H65FN14O8S2. The molecule has 6 atom stereocenters. The smallest absolute Gasteiger partial charge is 0.308 e. The lowest BCUT2D eigenvalue weighted by atomic mass is 9.72. The van der Waals surface area contributed by atoms with Crippen LogP contribution in [0.1, 0.15) is 132 Å². The first-order valence-corrected chi connectivity index (χ1v) is 28.3. The van der Waals surface area contributed by atoms with Gasteiger partial charge in [-0.1, -0.05) is 29.3 Å². The topological polar surface area (TPSA) is 276 Å². The minimum absolute atomic E-state index is 0.0110. The maximum absolute atomic E-state index is 15.7. The number of aromatic nitrogens is 8. The van der Waals surface area contributed by atoms with Crippen molar-refractivity contribution in [1.29, 1.82) is 5.26 Å². The number of thiophene rings is 1. The first-order valence-electron chi connectivity index (χ1n) is 26.6. The highest BCUT2D eigenvalue weighted by molar-refractivity contribution is 7.16. The van der Waals surface area contributed by atoms with Crippen molar-refractivity contribution < 1.29 is 42.3 Å². The number of esters is 2. The lowest BCUT2D eigenvalue weighted by Crippen LogP contribution is -2.49. The van der Waals surface area contributed by atoms with Crippen LogP contribution in [0.5, 0.6) is 11.6 Å². The van der Waals surface area contributed by atoms with Gasteiger partial charge in [0.15, 0.2) is 0 Å². The quantitative estimate of drug-likeness (QED) is 0.0491. The number of amides is 2. The zero-order valence-corrected chi connectivity index (χ0v) is 47.2. The van der Waals surface area contributed by atoms with Gasteiger partial charge in [0.25, 0.3) is 5.88 Å². The maximum Gasteiger partial charge on any atom is 0.308 e. The molecule has 2 saturated heterocycles. The molecule has 79 heavy (non-hydrogen) atoms. The number of ether oxygens (including phenoxy) is 3. The number of benzene rings is 1. The molecule has 0 spiro atoms. The second-order valence-electron chi connectivity index (χ2n) is 21.0. The van der Waals surface area contributed by atoms with Gasteiger partial charge >= 0.3 is 11.9 Å². The van der Waals surface area contributed by atoms with Crippen LogP contribution in [0.2, 0.25) is 0 Å². The van der Waals surface area contributed by atoms with Gasteiger partial charge in [-0.2, -0.15) is 10.2 Å². The van der Waals surface area contributed by atoms with Crippen LogP contribution >= 0.6 is 22.7 Å². The number of carbonyl (C=O) groups is 4. The predicted molar refractivity (Wildman–Crippen MR) is 290 cm³/mol. The summed E-state index contributed by atoms with van der Waals surface area (Å²) in [6.07, 6.45) is 7.53. The van der Waals surface area contributed by atoms with E-state index in [2.05, 4.69) is 53.5 Å². The number of anilines is 2. The van der Waals surface area contributed by atoms with Crippen molar-refractivity contribution in [3.8, 4) is 39.7 Å². The van der Waals surface area contributed by atoms with E-state index in [-0.39, 0.29) is 47.7 Å². The summed E-state index contributed by atoms with van der Waals surface area (Å²) in [5, 5.41) is 26.2. The highest BCUT2D eigenvalue weighted by Crippen LogP contribution is 2.49. The number of aryl methyl sites for hydroxylation is 2. The number of hydrogen-bond acceptors (Lipinski definition) is 21. The van der Waals surface area contributed by atoms with E-state index < -0.39 is 59.2 Å². The second-order valence-corrected chi connectivity index (χ2v) is 23.0. The number of rotatable bonds is 18. The Morgan fingerprint density at radius 2 is 1.89 bits per heavy atom. The molecule has 3 N–H and O–H groups in total. The SMILES string of the molecule is CC(=O)Oc1cc(-c2scnc2C)c(F)cc1[C@H](C)NC(=O)[C@@H]1C[C@@H](OC(C)=O)CN1C(=O)[C@H](C(C)C)n1cc(OCCCCN2CCCN(c3nccc(-c4noc([C@@]5(C)CCCc6sc(N)c(C#N)c65)n4)n3)[C@@H](C)C2)nn1. The Balaban J connectivity index is 0.787. The molecule has 1 aromatic carbocycles. The number of nitriles is 1. The van der Waals surface area contributed by atoms with Crippen molar-refractivity contribution in [2.45, 2.75) is 136 Å². The Bertz CT molecular complexity index is 3260. The molecule has 418 valence electrons. The number of hydrogen-bond donors (Lipinski definition) is 2. The minimum Gasteiger partial charge on any atom is -0.475 e. The van der Waals surface area contributed by atoms with E-state index in [9.17, 15) is 24.4 Å². The van der Waals surface area contributed by atoms with E-state index >= 15 is 4.39 Å². The molecule has 22 nitrogen and oxygen atoms in total. The van der Waals surface area contributed by atoms with E-state index in [0.29, 0.717) is 51.1 Å². The summed E-state index contributed by atoms with van der Waals surface area (Å²) in [5.41, 5.74) is 10.1. The number of nitrogens with two attached hydrogens (primary N) is 1. The van der Waals surface area contributed by atoms with Crippen LogP contribution in [0.25, 0.3) is 22.0 Å². The summed E-state index contributed by atoms with van der Waals surface area (Å²) in [7, 11) is 0. The third-order valence-corrected chi connectivity index (χ3v) is 16.9. The lowest BCUT2D eigenvalue weighted by molar-refractivity contribution is -0.147. The molecule has 9 rings (SSSR count). The molecule has 3 aliphatic rings. The summed E-state index contributed by atoms with van der Waals surface area (Å²) >= 11 is 2.70. The zero-order chi connectivity index (χ0) is 56.3. The van der Waals surface area contributed by atoms with E-state index in [4.69, 9.17) is 34.4 Å². The van der Waals surface area contributed by atoms with Gasteiger partial charge in [0, 0.05) is 67.2 Å². The van der Waals surface area contributed by atoms with E-state index in [1.165, 1.54) is 58.2 Å². The van der Waals surface area contributed by atoms with Gasteiger partial charge in [-0.15, -0.1) is 22.7 Å². The van der Waals surface area contributed by atoms with Crippen LogP contribution in [-0.4, -0.2) is 131 Å². The predicted octanol–water partition coefficient (Wildman–Crippen LogP) is 7.14. The van der Waals surface area contributed by atoms with Crippen LogP contribution in [0.4, 0.5) is 15.3 Å². The Kier molecular flexibility index (Phi) is 17.0. The van der Waals surface area contributed by atoms with Crippen molar-refractivity contribution in [3.63, 3.8) is 0 Å². The van der Waals surface area contributed by atoms with Crippen molar-refractivity contribution in [2.24, 2.45) is 5.92 Å². The number of nitrogens with one attached hydrogen (secondary N) is 1. The van der Waals surface area contributed by atoms with Gasteiger partial charge in [0.2, 0.25) is 29.5 Å². The monoisotopic (exact) mass is 1120 g/mol. The van der Waals surface area contributed by atoms with E-state index in [1.54, 1.807) is 37.8 Å². The Morgan fingerprint density at radius 1 is 1.08 bits per heavy atom. The van der Waals surface area contributed by atoms with Gasteiger partial charge < -0.3 is 44.5 Å². The Morgan fingerprint density at radius 3 is 2.62 bits per heavy atom. The highest BCUT2D eigenvalue weighted by atomic mass is 32.1. The Labute approximate surface area is 464 Å². The number of nitrogens with zero attached hydrogens (tertiary/aromatic N) is 12. The summed E-state index contributed by atoms with van der Waals surface area (Å²) in [6.45, 7) is 17.4. The van der Waals surface area contributed by atoms with Crippen LogP contribution in [-0.2, 0) is 35.8 Å². The largest absolute Gasteiger partial charge is 0.475 e. The fraction of sp³-hybridized carbons (Fsp3) is 0.519. The number of carbonyl (C=O) groups excluding carboxylic acids is 4. The minimum atomic E-state index is -1.08. The molecule has 1 aliphatic carbocycles. The second kappa shape index (κ2) is 23.9. The third kappa shape index (κ3) is 12.1. The Hall–Kier alpha value is -7.43. The highest BCUT2D eigenvalue weighted by Gasteiger charge is 2.46. The lowest BCUT2D eigenvalue weighted by Gasteiger charge is -2.30. The number of fused-ring (bicyclic) bond motifs is 1. The zero-order valence-electron chi connectivity index (χ0n) is 45.5. The first-order chi connectivity index (χ1) is 37.8. The summed E-state index contributed by atoms with van der Waals surface area (Å²) < 4.78 is 40.2. The molecule has 5 aromatic heterocycles. The number of halogens is 1. The van der Waals surface area contributed by atoms with Crippen molar-refractivity contribution >= 4 is 57.4 Å². The summed E-state index contributed by atoms with van der Waals surface area (Å²) in [5.74, 6) is -1.46. The van der Waals surface area contributed by atoms with Crippen molar-refractivity contribution in [3.05, 3.63) is 75.1 Å². The van der Waals surface area contributed by atoms with E-state index in [0.717, 1.165) is 75.1 Å². The molecule has 7 heterocycles. The van der Waals surface area contributed by atoms with Gasteiger partial charge in [0.05, 0.1) is 52.5 Å². The van der Waals surface area contributed by atoms with Crippen LogP contribution in [0.15, 0.2) is 40.6 Å². The van der Waals surface area contributed by atoms with Crippen LogP contribution in [0, 0.1) is 30.0 Å². The molecule has 25 heteroatoms. The van der Waals surface area contributed by atoms with Gasteiger partial charge in [-0.05, 0) is 103 Å². The van der Waals surface area contributed by atoms with Crippen LogP contribution in [0.3, 0.4) is 0 Å². The van der Waals surface area contributed by atoms with E-state index in [1.807, 2.05) is 20.8 Å². The number of unbranched alkanes of at least 4 members (excludes halogenated alkanes) is 1. The third-order valence-electron chi connectivity index (χ3n) is 14.8. The summed E-state index contributed by atoms with van der Waals surface area (Å²) in [4.78, 5) is 79.5. The molecule has 2 fully saturated rings. The first kappa shape index (κ1) is 56.3. The number of nitrogen functional groups attached to an aromatic ring is 1. The fourth-order valence-corrected chi connectivity index (χ4v) is 13.1. The van der Waals surface area contributed by atoms with Gasteiger partial charge in [-0.25, -0.2) is 24.0 Å². The number of thiazole rings is 1. The van der Waals surface area contributed by atoms with Gasteiger partial charge in [0.1, 0.15) is 46.5 Å². The average Bonchev–Trinajstić information content (AvgIpc) is 4.44. The molecule has 0 bridgehead atoms. The van der Waals surface area contributed by atoms with Crippen LogP contribution < -0.4 is 25.4 Å². The number of likely N-dealkylation sites (tertiary alicyclic amines) is 1. The molecule has 2 amide bonds. The van der Waals surface area contributed by atoms with Crippen molar-refractivity contribution in [1.82, 2.24) is 55.2 Å². The standard InChI is InChI=1S/C54H65FN14O8S2/c1-29(2)46(51(73)68-26-35(75-33(6)70)21-41(68)50(72)60-31(4)36-22-39(55)37(23-42(36)76-34(7)71)47-32(5)59-28-78-47)69-27-44(63-65-69)74-20-10-9-17-66-18-12-19-67(30(3)25-66)53-58-16-14-40(61-53)49-62-52(77-64-49)54(8)15-11-13-43-45(54)38(24-56)48(57)79-43/h14,16,22-23,27-31,35,41,46H,9-13,15,17-21,25-26,57H2,1-8H3,(H,60,72)/t30-,31-,35+,41-,46-,54-/m0/s1. The summed E-state index contributed by atoms with van der Waals surface area (Å²) in [6, 6.07) is 3.94. The molecular weight excluding hydrogens is 1060 g/mol.